The molecule has 0 radical (unpaired) electrons. The summed E-state index contributed by atoms with van der Waals surface area (Å²) in [5.41, 5.74) is 4.47. The molecular weight excluding hydrogens is 300 g/mol. The van der Waals surface area contributed by atoms with Crippen LogP contribution < -0.4 is 15.0 Å². The Morgan fingerprint density at radius 1 is 1.12 bits per heavy atom. The first kappa shape index (κ1) is 16.1. The maximum Gasteiger partial charge on any atom is 0.256 e. The molecule has 1 heterocycles. The smallest absolute Gasteiger partial charge is 0.256 e. The van der Waals surface area contributed by atoms with Gasteiger partial charge in [0.15, 0.2) is 0 Å². The van der Waals surface area contributed by atoms with Crippen molar-refractivity contribution in [2.24, 2.45) is 0 Å². The minimum Gasteiger partial charge on any atom is -0.496 e. The number of benzene rings is 2. The van der Waals surface area contributed by atoms with Gasteiger partial charge in [-0.1, -0.05) is 18.2 Å². The molecule has 0 bridgehead atoms. The SMILES string of the molecule is CCN(CC)c1ccc(/C=C2/C(=O)Nc3ccccc32)c(OC)c1. The first-order valence-corrected chi connectivity index (χ1v) is 8.23. The van der Waals surface area contributed by atoms with Gasteiger partial charge < -0.3 is 15.0 Å². The van der Waals surface area contributed by atoms with Crippen molar-refractivity contribution in [1.82, 2.24) is 0 Å². The maximum atomic E-state index is 12.3. The topological polar surface area (TPSA) is 41.6 Å². The van der Waals surface area contributed by atoms with E-state index in [1.54, 1.807) is 7.11 Å². The second-order valence-electron chi connectivity index (χ2n) is 5.66. The van der Waals surface area contributed by atoms with Crippen LogP contribution in [0.2, 0.25) is 0 Å². The van der Waals surface area contributed by atoms with Crippen LogP contribution in [-0.2, 0) is 4.79 Å². The predicted octanol–water partition coefficient (Wildman–Crippen LogP) is 4.03. The average molecular weight is 322 g/mol. The molecule has 24 heavy (non-hydrogen) atoms. The highest BCUT2D eigenvalue weighted by Crippen LogP contribution is 2.35. The van der Waals surface area contributed by atoms with Crippen LogP contribution in [0.1, 0.15) is 25.0 Å². The van der Waals surface area contributed by atoms with E-state index in [9.17, 15) is 4.79 Å². The molecule has 2 aromatic carbocycles. The Balaban J connectivity index is 2.03. The molecule has 1 N–H and O–H groups in total. The standard InChI is InChI=1S/C20H22N2O2/c1-4-22(5-2)15-11-10-14(19(13-15)24-3)12-17-16-8-6-7-9-18(16)21-20(17)23/h6-13H,4-5H2,1-3H3,(H,21,23)/b17-12+. The van der Waals surface area contributed by atoms with E-state index < -0.39 is 0 Å². The van der Waals surface area contributed by atoms with Crippen molar-refractivity contribution in [1.29, 1.82) is 0 Å². The summed E-state index contributed by atoms with van der Waals surface area (Å²) in [6.45, 7) is 6.14. The number of rotatable bonds is 5. The van der Waals surface area contributed by atoms with Crippen LogP contribution in [0, 0.1) is 0 Å². The molecule has 124 valence electrons. The third-order valence-corrected chi connectivity index (χ3v) is 4.36. The summed E-state index contributed by atoms with van der Waals surface area (Å²) in [7, 11) is 1.66. The largest absolute Gasteiger partial charge is 0.496 e. The normalized spacial score (nSPS) is 14.5. The molecule has 1 amide bonds. The van der Waals surface area contributed by atoms with Gasteiger partial charge in [-0.2, -0.15) is 0 Å². The summed E-state index contributed by atoms with van der Waals surface area (Å²) >= 11 is 0. The molecule has 3 rings (SSSR count). The average Bonchev–Trinajstić information content (AvgIpc) is 2.92. The van der Waals surface area contributed by atoms with E-state index >= 15 is 0 Å². The number of anilines is 2. The van der Waals surface area contributed by atoms with E-state index in [2.05, 4.69) is 30.1 Å². The Labute approximate surface area is 142 Å². The van der Waals surface area contributed by atoms with Crippen LogP contribution in [0.25, 0.3) is 11.6 Å². The zero-order valence-corrected chi connectivity index (χ0v) is 14.3. The summed E-state index contributed by atoms with van der Waals surface area (Å²) in [5.74, 6) is 0.690. The number of amides is 1. The van der Waals surface area contributed by atoms with Gasteiger partial charge in [0, 0.05) is 47.2 Å². The van der Waals surface area contributed by atoms with Crippen molar-refractivity contribution in [2.75, 3.05) is 30.4 Å². The van der Waals surface area contributed by atoms with Gasteiger partial charge in [0.05, 0.1) is 7.11 Å². The maximum absolute atomic E-state index is 12.3. The van der Waals surface area contributed by atoms with E-state index in [0.29, 0.717) is 5.57 Å². The van der Waals surface area contributed by atoms with Crippen LogP contribution in [0.3, 0.4) is 0 Å². The van der Waals surface area contributed by atoms with Crippen LogP contribution >= 0.6 is 0 Å². The second-order valence-corrected chi connectivity index (χ2v) is 5.66. The van der Waals surface area contributed by atoms with Gasteiger partial charge in [0.2, 0.25) is 0 Å². The summed E-state index contributed by atoms with van der Waals surface area (Å²) in [6.07, 6.45) is 1.89. The van der Waals surface area contributed by atoms with Crippen molar-refractivity contribution in [3.05, 3.63) is 53.6 Å². The fourth-order valence-corrected chi connectivity index (χ4v) is 3.04. The number of ether oxygens (including phenoxy) is 1. The van der Waals surface area contributed by atoms with E-state index in [1.165, 1.54) is 0 Å². The number of nitrogens with zero attached hydrogens (tertiary/aromatic N) is 1. The molecule has 2 aromatic rings. The Morgan fingerprint density at radius 2 is 1.88 bits per heavy atom. The highest BCUT2D eigenvalue weighted by molar-refractivity contribution is 6.35. The number of para-hydroxylation sites is 1. The zero-order valence-electron chi connectivity index (χ0n) is 14.3. The number of carbonyl (C=O) groups excluding carboxylic acids is 1. The number of carbonyl (C=O) groups is 1. The first-order chi connectivity index (χ1) is 11.7. The number of hydrogen-bond acceptors (Lipinski definition) is 3. The van der Waals surface area contributed by atoms with Crippen molar-refractivity contribution >= 4 is 28.9 Å². The van der Waals surface area contributed by atoms with Gasteiger partial charge in [-0.05, 0) is 38.1 Å². The van der Waals surface area contributed by atoms with Crippen molar-refractivity contribution in [3.63, 3.8) is 0 Å². The van der Waals surface area contributed by atoms with E-state index in [1.807, 2.05) is 42.5 Å². The Morgan fingerprint density at radius 3 is 2.58 bits per heavy atom. The van der Waals surface area contributed by atoms with Crippen LogP contribution in [0.15, 0.2) is 42.5 Å². The third kappa shape index (κ3) is 2.87. The number of methoxy groups -OCH3 is 1. The monoisotopic (exact) mass is 322 g/mol. The van der Waals surface area contributed by atoms with E-state index in [-0.39, 0.29) is 5.91 Å². The lowest BCUT2D eigenvalue weighted by Gasteiger charge is -2.22. The van der Waals surface area contributed by atoms with Gasteiger partial charge in [-0.15, -0.1) is 0 Å². The van der Waals surface area contributed by atoms with Gasteiger partial charge in [-0.25, -0.2) is 0 Å². The quantitative estimate of drug-likeness (QED) is 0.845. The first-order valence-electron chi connectivity index (χ1n) is 8.23. The Bertz CT molecular complexity index is 792. The second kappa shape index (κ2) is 6.79. The highest BCUT2D eigenvalue weighted by Gasteiger charge is 2.23. The third-order valence-electron chi connectivity index (χ3n) is 4.36. The predicted molar refractivity (Wildman–Crippen MR) is 99.5 cm³/mol. The fourth-order valence-electron chi connectivity index (χ4n) is 3.04. The molecule has 4 nitrogen and oxygen atoms in total. The molecular formula is C20H22N2O2. The van der Waals surface area contributed by atoms with Gasteiger partial charge in [0.1, 0.15) is 5.75 Å². The van der Waals surface area contributed by atoms with Crippen molar-refractivity contribution in [3.8, 4) is 5.75 Å². The molecule has 0 saturated carbocycles. The van der Waals surface area contributed by atoms with Gasteiger partial charge in [0.25, 0.3) is 5.91 Å². The lowest BCUT2D eigenvalue weighted by atomic mass is 10.0. The number of fused-ring (bicyclic) bond motifs is 1. The molecule has 0 saturated heterocycles. The lowest BCUT2D eigenvalue weighted by Crippen LogP contribution is -2.21. The summed E-state index contributed by atoms with van der Waals surface area (Å²) < 4.78 is 5.56. The minimum absolute atomic E-state index is 0.0777. The molecule has 0 unspecified atom stereocenters. The van der Waals surface area contributed by atoms with Crippen molar-refractivity contribution < 1.29 is 9.53 Å². The van der Waals surface area contributed by atoms with Crippen LogP contribution in [-0.4, -0.2) is 26.1 Å². The number of nitrogens with one attached hydrogen (secondary N) is 1. The zero-order chi connectivity index (χ0) is 17.1. The highest BCUT2D eigenvalue weighted by atomic mass is 16.5. The number of hydrogen-bond donors (Lipinski definition) is 1. The molecule has 0 fully saturated rings. The molecule has 4 heteroatoms. The summed E-state index contributed by atoms with van der Waals surface area (Å²) in [4.78, 5) is 14.5. The van der Waals surface area contributed by atoms with Crippen LogP contribution in [0.4, 0.5) is 11.4 Å². The van der Waals surface area contributed by atoms with Crippen LogP contribution in [0.5, 0.6) is 5.75 Å². The Kier molecular flexibility index (Phi) is 4.56. The minimum atomic E-state index is -0.0777. The molecule has 0 spiro atoms. The molecule has 1 aliphatic rings. The molecule has 0 aromatic heterocycles. The molecule has 0 atom stereocenters. The van der Waals surface area contributed by atoms with E-state index in [4.69, 9.17) is 4.74 Å². The van der Waals surface area contributed by atoms with Gasteiger partial charge in [-0.3, -0.25) is 4.79 Å². The molecule has 0 aliphatic carbocycles. The molecule has 1 aliphatic heterocycles. The van der Waals surface area contributed by atoms with Gasteiger partial charge >= 0.3 is 0 Å². The Hall–Kier alpha value is -2.75. The van der Waals surface area contributed by atoms with E-state index in [0.717, 1.165) is 41.3 Å². The fraction of sp³-hybridized carbons (Fsp3) is 0.250. The summed E-state index contributed by atoms with van der Waals surface area (Å²) in [5, 5.41) is 2.90. The summed E-state index contributed by atoms with van der Waals surface area (Å²) in [6, 6.07) is 13.8. The van der Waals surface area contributed by atoms with Crippen molar-refractivity contribution in [2.45, 2.75) is 13.8 Å². The lowest BCUT2D eigenvalue weighted by molar-refractivity contribution is -0.110.